The van der Waals surface area contributed by atoms with Gasteiger partial charge in [0.05, 0.1) is 18.4 Å². The Balaban J connectivity index is 1.45. The molecule has 0 atom stereocenters. The molecule has 26 heavy (non-hydrogen) atoms. The summed E-state index contributed by atoms with van der Waals surface area (Å²) in [6.07, 6.45) is 3.18. The van der Waals surface area contributed by atoms with Crippen LogP contribution in [0.2, 0.25) is 0 Å². The van der Waals surface area contributed by atoms with Crippen LogP contribution < -0.4 is 14.8 Å². The number of aromatic nitrogens is 2. The number of hydrogen-bond donors (Lipinski definition) is 1. The maximum absolute atomic E-state index is 13.7. The molecule has 1 aliphatic heterocycles. The summed E-state index contributed by atoms with van der Waals surface area (Å²) in [5, 5.41) is 6.93. The Bertz CT molecular complexity index is 955. The van der Waals surface area contributed by atoms with Gasteiger partial charge in [-0.3, -0.25) is 9.48 Å². The maximum atomic E-state index is 13.7. The van der Waals surface area contributed by atoms with Gasteiger partial charge in [0.1, 0.15) is 19.0 Å². The normalized spacial score (nSPS) is 12.7. The first-order chi connectivity index (χ1) is 12.7. The molecule has 2 aromatic carbocycles. The van der Waals surface area contributed by atoms with Gasteiger partial charge in [0.25, 0.3) is 5.91 Å². The number of rotatable bonds is 4. The summed E-state index contributed by atoms with van der Waals surface area (Å²) in [5.41, 5.74) is 1.51. The fourth-order valence-electron chi connectivity index (χ4n) is 2.70. The van der Waals surface area contributed by atoms with Crippen molar-refractivity contribution in [3.8, 4) is 11.5 Å². The Morgan fingerprint density at radius 2 is 1.96 bits per heavy atom. The minimum atomic E-state index is -0.287. The molecule has 1 N–H and O–H groups in total. The van der Waals surface area contributed by atoms with Crippen LogP contribution in [0.4, 0.5) is 10.1 Å². The van der Waals surface area contributed by atoms with Gasteiger partial charge in [-0.2, -0.15) is 5.10 Å². The van der Waals surface area contributed by atoms with E-state index in [0.29, 0.717) is 41.5 Å². The second-order valence-corrected chi connectivity index (χ2v) is 5.83. The van der Waals surface area contributed by atoms with Crippen molar-refractivity contribution < 1.29 is 18.7 Å². The Morgan fingerprint density at radius 1 is 1.15 bits per heavy atom. The summed E-state index contributed by atoms with van der Waals surface area (Å²) in [5.74, 6) is 0.613. The highest BCUT2D eigenvalue weighted by molar-refractivity contribution is 6.04. The monoisotopic (exact) mass is 353 g/mol. The molecule has 1 amide bonds. The molecular weight excluding hydrogens is 337 g/mol. The van der Waals surface area contributed by atoms with Gasteiger partial charge in [-0.05, 0) is 24.3 Å². The lowest BCUT2D eigenvalue weighted by Gasteiger charge is -2.18. The molecule has 6 nitrogen and oxygen atoms in total. The van der Waals surface area contributed by atoms with E-state index in [1.54, 1.807) is 47.3 Å². The second-order valence-electron chi connectivity index (χ2n) is 5.83. The maximum Gasteiger partial charge on any atom is 0.255 e. The van der Waals surface area contributed by atoms with Crippen molar-refractivity contribution in [1.82, 2.24) is 9.78 Å². The van der Waals surface area contributed by atoms with Crippen LogP contribution in [0.25, 0.3) is 0 Å². The highest BCUT2D eigenvalue weighted by Gasteiger charge is 2.15. The molecule has 7 heteroatoms. The lowest BCUT2D eigenvalue weighted by molar-refractivity contribution is 0.102. The standard InChI is InChI=1S/C19H16FN3O3/c20-16-4-2-1-3-14(16)11-23-12-15(10-21-23)22-19(24)13-5-6-17-18(9-13)26-8-7-25-17/h1-6,9-10,12H,7-8,11H2,(H,22,24). The van der Waals surface area contributed by atoms with Gasteiger partial charge in [0.2, 0.25) is 0 Å². The molecule has 0 radical (unpaired) electrons. The molecule has 1 aromatic heterocycles. The van der Waals surface area contributed by atoms with Crippen molar-refractivity contribution in [2.75, 3.05) is 18.5 Å². The van der Waals surface area contributed by atoms with Crippen molar-refractivity contribution in [3.05, 3.63) is 71.8 Å². The quantitative estimate of drug-likeness (QED) is 0.783. The highest BCUT2D eigenvalue weighted by Crippen LogP contribution is 2.30. The first-order valence-electron chi connectivity index (χ1n) is 8.16. The number of benzene rings is 2. The van der Waals surface area contributed by atoms with Crippen LogP contribution in [0.3, 0.4) is 0 Å². The number of hydrogen-bond acceptors (Lipinski definition) is 4. The van der Waals surface area contributed by atoms with Crippen molar-refractivity contribution in [2.45, 2.75) is 6.54 Å². The van der Waals surface area contributed by atoms with Crippen LogP contribution >= 0.6 is 0 Å². The number of anilines is 1. The van der Waals surface area contributed by atoms with Gasteiger partial charge < -0.3 is 14.8 Å². The van der Waals surface area contributed by atoms with Gasteiger partial charge in [-0.25, -0.2) is 4.39 Å². The summed E-state index contributed by atoms with van der Waals surface area (Å²) in [7, 11) is 0. The molecule has 132 valence electrons. The largest absolute Gasteiger partial charge is 0.486 e. The average molecular weight is 353 g/mol. The van der Waals surface area contributed by atoms with E-state index in [4.69, 9.17) is 9.47 Å². The van der Waals surface area contributed by atoms with Crippen LogP contribution in [0.15, 0.2) is 54.9 Å². The number of carbonyl (C=O) groups is 1. The van der Waals surface area contributed by atoms with Crippen molar-refractivity contribution in [1.29, 1.82) is 0 Å². The number of halogens is 1. The molecule has 0 spiro atoms. The van der Waals surface area contributed by atoms with E-state index in [9.17, 15) is 9.18 Å². The zero-order chi connectivity index (χ0) is 17.9. The topological polar surface area (TPSA) is 65.4 Å². The number of nitrogens with zero attached hydrogens (tertiary/aromatic N) is 2. The van der Waals surface area contributed by atoms with E-state index in [-0.39, 0.29) is 18.3 Å². The molecule has 4 rings (SSSR count). The Labute approximate surface area is 149 Å². The van der Waals surface area contributed by atoms with E-state index in [0.717, 1.165) is 0 Å². The van der Waals surface area contributed by atoms with E-state index in [1.807, 2.05) is 0 Å². The SMILES string of the molecule is O=C(Nc1cnn(Cc2ccccc2F)c1)c1ccc2c(c1)OCCO2. The first kappa shape index (κ1) is 16.1. The predicted octanol–water partition coefficient (Wildman–Crippen LogP) is 3.09. The smallest absolute Gasteiger partial charge is 0.255 e. The summed E-state index contributed by atoms with van der Waals surface area (Å²) in [6.45, 7) is 1.24. The number of amides is 1. The van der Waals surface area contributed by atoms with Gasteiger partial charge in [-0.15, -0.1) is 0 Å². The van der Waals surface area contributed by atoms with E-state index < -0.39 is 0 Å². The van der Waals surface area contributed by atoms with Crippen molar-refractivity contribution in [3.63, 3.8) is 0 Å². The van der Waals surface area contributed by atoms with Crippen LogP contribution in [-0.4, -0.2) is 28.9 Å². The van der Waals surface area contributed by atoms with E-state index in [2.05, 4.69) is 10.4 Å². The predicted molar refractivity (Wildman–Crippen MR) is 93.1 cm³/mol. The van der Waals surface area contributed by atoms with Gasteiger partial charge in [0.15, 0.2) is 11.5 Å². The van der Waals surface area contributed by atoms with Crippen LogP contribution in [0, 0.1) is 5.82 Å². The van der Waals surface area contributed by atoms with Crippen LogP contribution in [0.5, 0.6) is 11.5 Å². The molecular formula is C19H16FN3O3. The lowest BCUT2D eigenvalue weighted by atomic mass is 10.2. The third kappa shape index (κ3) is 3.37. The van der Waals surface area contributed by atoms with Gasteiger partial charge in [-0.1, -0.05) is 18.2 Å². The van der Waals surface area contributed by atoms with Crippen LogP contribution in [0.1, 0.15) is 15.9 Å². The zero-order valence-corrected chi connectivity index (χ0v) is 13.8. The molecule has 0 fully saturated rings. The number of ether oxygens (including phenoxy) is 2. The molecule has 0 saturated heterocycles. The fraction of sp³-hybridized carbons (Fsp3) is 0.158. The average Bonchev–Trinajstić information content (AvgIpc) is 3.10. The summed E-state index contributed by atoms with van der Waals surface area (Å²) in [4.78, 5) is 12.4. The molecule has 0 aliphatic carbocycles. The highest BCUT2D eigenvalue weighted by atomic mass is 19.1. The minimum Gasteiger partial charge on any atom is -0.486 e. The third-order valence-corrected chi connectivity index (χ3v) is 3.99. The number of fused-ring (bicyclic) bond motifs is 1. The van der Waals surface area contributed by atoms with Crippen LogP contribution in [-0.2, 0) is 6.54 Å². The van der Waals surface area contributed by atoms with Gasteiger partial charge >= 0.3 is 0 Å². The molecule has 0 unspecified atom stereocenters. The Kier molecular flexibility index (Phi) is 4.27. The lowest BCUT2D eigenvalue weighted by Crippen LogP contribution is -2.17. The molecule has 1 aliphatic rings. The number of carbonyl (C=O) groups excluding carboxylic acids is 1. The number of nitrogens with one attached hydrogen (secondary N) is 1. The second kappa shape index (κ2) is 6.87. The Morgan fingerprint density at radius 3 is 2.81 bits per heavy atom. The molecule has 3 aromatic rings. The first-order valence-corrected chi connectivity index (χ1v) is 8.16. The van der Waals surface area contributed by atoms with E-state index >= 15 is 0 Å². The zero-order valence-electron chi connectivity index (χ0n) is 13.8. The fourth-order valence-corrected chi connectivity index (χ4v) is 2.70. The Hall–Kier alpha value is -3.35. The van der Waals surface area contributed by atoms with E-state index in [1.165, 1.54) is 12.3 Å². The third-order valence-electron chi connectivity index (χ3n) is 3.99. The van der Waals surface area contributed by atoms with Crippen molar-refractivity contribution >= 4 is 11.6 Å². The minimum absolute atomic E-state index is 0.284. The summed E-state index contributed by atoms with van der Waals surface area (Å²) >= 11 is 0. The summed E-state index contributed by atoms with van der Waals surface area (Å²) < 4.78 is 26.2. The molecule has 2 heterocycles. The summed E-state index contributed by atoms with van der Waals surface area (Å²) in [6, 6.07) is 11.5. The molecule has 0 bridgehead atoms. The van der Waals surface area contributed by atoms with Crippen molar-refractivity contribution in [2.24, 2.45) is 0 Å². The molecule has 0 saturated carbocycles. The van der Waals surface area contributed by atoms with Gasteiger partial charge in [0, 0.05) is 17.3 Å².